The largest absolute Gasteiger partial charge is 0.478 e. The number of anilines is 3. The van der Waals surface area contributed by atoms with Gasteiger partial charge in [0.05, 0.1) is 5.56 Å². The van der Waals surface area contributed by atoms with Crippen molar-refractivity contribution in [2.45, 2.75) is 17.8 Å². The number of rotatable bonds is 7. The molecule has 8 nitrogen and oxygen atoms in total. The second-order valence-electron chi connectivity index (χ2n) is 9.09. The lowest BCUT2D eigenvalue weighted by Crippen LogP contribution is -2.46. The van der Waals surface area contributed by atoms with Crippen molar-refractivity contribution in [2.75, 3.05) is 41.7 Å². The summed E-state index contributed by atoms with van der Waals surface area (Å²) in [5, 5.41) is 20.5. The maximum atomic E-state index is 12.9. The standard InChI is InChI=1S/C27H26ClF3N4O4/c28-26(39,27(29,30)31)20-5-1-18(2-6-20)17-34-13-15-35(16-14-34)23-11-9-22(10-12-23)33-25(38)32-21-7-3-19(4-8-21)24(36)37/h1-12,39H,13-17H2,(H,36,37)(H2,32,33,38). The van der Waals surface area contributed by atoms with Gasteiger partial charge in [-0.2, -0.15) is 13.2 Å². The molecule has 0 aromatic heterocycles. The first-order chi connectivity index (χ1) is 18.4. The molecule has 39 heavy (non-hydrogen) atoms. The van der Waals surface area contributed by atoms with E-state index in [1.807, 2.05) is 12.1 Å². The van der Waals surface area contributed by atoms with Gasteiger partial charge in [0, 0.05) is 55.3 Å². The summed E-state index contributed by atoms with van der Waals surface area (Å²) in [5.41, 5.74) is 2.56. The van der Waals surface area contributed by atoms with Crippen LogP contribution >= 0.6 is 11.6 Å². The quantitative estimate of drug-likeness (QED) is 0.291. The van der Waals surface area contributed by atoms with Crippen LogP contribution in [0.5, 0.6) is 0 Å². The van der Waals surface area contributed by atoms with Crippen molar-refractivity contribution in [1.29, 1.82) is 0 Å². The average molecular weight is 563 g/mol. The predicted molar refractivity (Wildman–Crippen MR) is 142 cm³/mol. The molecule has 0 aliphatic carbocycles. The number of aromatic carboxylic acids is 1. The van der Waals surface area contributed by atoms with E-state index in [9.17, 15) is 27.9 Å². The first-order valence-electron chi connectivity index (χ1n) is 12.0. The molecule has 1 heterocycles. The zero-order valence-corrected chi connectivity index (χ0v) is 21.3. The molecule has 4 rings (SSSR count). The monoisotopic (exact) mass is 562 g/mol. The van der Waals surface area contributed by atoms with Crippen molar-refractivity contribution in [3.8, 4) is 0 Å². The summed E-state index contributed by atoms with van der Waals surface area (Å²) in [5.74, 6) is -1.04. The molecule has 2 amide bonds. The highest BCUT2D eigenvalue weighted by molar-refractivity contribution is 6.23. The molecule has 3 aromatic carbocycles. The summed E-state index contributed by atoms with van der Waals surface area (Å²) in [6.45, 7) is 3.53. The number of hydrogen-bond acceptors (Lipinski definition) is 5. The fraction of sp³-hybridized carbons (Fsp3) is 0.259. The fourth-order valence-corrected chi connectivity index (χ4v) is 4.29. The van der Waals surface area contributed by atoms with E-state index in [1.165, 1.54) is 48.5 Å². The molecule has 0 radical (unpaired) electrons. The summed E-state index contributed by atoms with van der Waals surface area (Å²) in [6, 6.07) is 18.2. The number of nitrogens with one attached hydrogen (secondary N) is 2. The highest BCUT2D eigenvalue weighted by atomic mass is 35.5. The zero-order chi connectivity index (χ0) is 28.2. The van der Waals surface area contributed by atoms with Gasteiger partial charge in [0.2, 0.25) is 0 Å². The van der Waals surface area contributed by atoms with Crippen LogP contribution in [0.3, 0.4) is 0 Å². The Morgan fingerprint density at radius 1 is 0.821 bits per heavy atom. The number of urea groups is 1. The number of carboxylic acids is 1. The van der Waals surface area contributed by atoms with Crippen LogP contribution in [0.25, 0.3) is 0 Å². The van der Waals surface area contributed by atoms with E-state index in [1.54, 1.807) is 12.1 Å². The van der Waals surface area contributed by atoms with E-state index in [-0.39, 0.29) is 5.56 Å². The van der Waals surface area contributed by atoms with E-state index >= 15 is 0 Å². The number of carbonyl (C=O) groups is 2. The maximum Gasteiger partial charge on any atom is 0.436 e. The minimum absolute atomic E-state index is 0.126. The van der Waals surface area contributed by atoms with Crippen LogP contribution in [0.1, 0.15) is 21.5 Å². The molecule has 0 spiro atoms. The van der Waals surface area contributed by atoms with Gasteiger partial charge < -0.3 is 25.7 Å². The van der Waals surface area contributed by atoms with Gasteiger partial charge >= 0.3 is 18.2 Å². The van der Waals surface area contributed by atoms with Crippen LogP contribution in [-0.4, -0.2) is 59.5 Å². The van der Waals surface area contributed by atoms with E-state index in [2.05, 4.69) is 20.4 Å². The fourth-order valence-electron chi connectivity index (χ4n) is 4.16. The first-order valence-corrected chi connectivity index (χ1v) is 12.4. The van der Waals surface area contributed by atoms with E-state index in [0.717, 1.165) is 37.4 Å². The van der Waals surface area contributed by atoms with E-state index in [0.29, 0.717) is 17.9 Å². The second-order valence-corrected chi connectivity index (χ2v) is 9.64. The molecule has 1 atom stereocenters. The molecular weight excluding hydrogens is 537 g/mol. The first kappa shape index (κ1) is 28.2. The lowest BCUT2D eigenvalue weighted by Gasteiger charge is -2.36. The summed E-state index contributed by atoms with van der Waals surface area (Å²) in [6.07, 6.45) is -4.98. The van der Waals surface area contributed by atoms with Gasteiger partial charge in [0.1, 0.15) is 0 Å². The number of benzene rings is 3. The van der Waals surface area contributed by atoms with Gasteiger partial charge in [-0.1, -0.05) is 35.9 Å². The van der Waals surface area contributed by atoms with E-state index in [4.69, 9.17) is 16.7 Å². The van der Waals surface area contributed by atoms with Gasteiger partial charge in [0.25, 0.3) is 5.06 Å². The second kappa shape index (κ2) is 11.5. The van der Waals surface area contributed by atoms with Crippen LogP contribution in [0.4, 0.5) is 35.0 Å². The van der Waals surface area contributed by atoms with Crippen LogP contribution in [0, 0.1) is 0 Å². The number of hydrogen-bond donors (Lipinski definition) is 4. The smallest absolute Gasteiger partial charge is 0.436 e. The third kappa shape index (κ3) is 6.99. The zero-order valence-electron chi connectivity index (χ0n) is 20.6. The Bertz CT molecular complexity index is 1290. The minimum Gasteiger partial charge on any atom is -0.478 e. The summed E-state index contributed by atoms with van der Waals surface area (Å²) >= 11 is 5.31. The van der Waals surface area contributed by atoms with Crippen LogP contribution in [0.2, 0.25) is 0 Å². The van der Waals surface area contributed by atoms with Crippen molar-refractivity contribution in [2.24, 2.45) is 0 Å². The summed E-state index contributed by atoms with van der Waals surface area (Å²) < 4.78 is 38.8. The van der Waals surface area contributed by atoms with Gasteiger partial charge in [-0.25, -0.2) is 9.59 Å². The maximum absolute atomic E-state index is 12.9. The SMILES string of the molecule is O=C(Nc1ccc(C(=O)O)cc1)Nc1ccc(N2CCN(Cc3ccc(C(O)(Cl)C(F)(F)F)cc3)CC2)cc1. The lowest BCUT2D eigenvalue weighted by molar-refractivity contribution is -0.228. The number of carbonyl (C=O) groups excluding carboxylic acids is 1. The molecule has 206 valence electrons. The number of carboxylic acid groups (broad SMARTS) is 1. The van der Waals surface area contributed by atoms with Crippen LogP contribution in [-0.2, 0) is 11.6 Å². The Kier molecular flexibility index (Phi) is 8.34. The van der Waals surface area contributed by atoms with Gasteiger partial charge in [-0.05, 0) is 54.1 Å². The molecule has 1 unspecified atom stereocenters. The van der Waals surface area contributed by atoms with Crippen molar-refractivity contribution >= 4 is 40.7 Å². The number of aliphatic hydroxyl groups is 1. The Morgan fingerprint density at radius 2 is 1.33 bits per heavy atom. The minimum atomic E-state index is -4.98. The topological polar surface area (TPSA) is 105 Å². The molecule has 0 saturated carbocycles. The molecule has 4 N–H and O–H groups in total. The molecule has 12 heteroatoms. The Labute approximate surface area is 227 Å². The van der Waals surface area contributed by atoms with Gasteiger partial charge in [-0.15, -0.1) is 0 Å². The Balaban J connectivity index is 1.25. The molecule has 1 saturated heterocycles. The highest BCUT2D eigenvalue weighted by Crippen LogP contribution is 2.42. The number of halogens is 4. The Morgan fingerprint density at radius 3 is 1.82 bits per heavy atom. The van der Waals surface area contributed by atoms with Crippen LogP contribution < -0.4 is 15.5 Å². The normalized spacial score (nSPS) is 15.9. The highest BCUT2D eigenvalue weighted by Gasteiger charge is 2.54. The molecule has 0 bridgehead atoms. The van der Waals surface area contributed by atoms with Crippen molar-refractivity contribution in [3.63, 3.8) is 0 Å². The molecule has 1 aliphatic heterocycles. The molecule has 3 aromatic rings. The van der Waals surface area contributed by atoms with Crippen molar-refractivity contribution in [3.05, 3.63) is 89.5 Å². The number of alkyl halides is 4. The Hall–Kier alpha value is -3.80. The molecular formula is C27H26ClF3N4O4. The van der Waals surface area contributed by atoms with E-state index < -0.39 is 28.8 Å². The molecule has 1 fully saturated rings. The third-order valence-electron chi connectivity index (χ3n) is 6.37. The predicted octanol–water partition coefficient (Wildman–Crippen LogP) is 5.30. The number of amides is 2. The number of nitrogens with zero attached hydrogens (tertiary/aromatic N) is 2. The average Bonchev–Trinajstić information content (AvgIpc) is 2.89. The van der Waals surface area contributed by atoms with Gasteiger partial charge in [-0.3, -0.25) is 4.90 Å². The van der Waals surface area contributed by atoms with Crippen molar-refractivity contribution < 1.29 is 33.0 Å². The van der Waals surface area contributed by atoms with Gasteiger partial charge in [0.15, 0.2) is 0 Å². The molecule has 1 aliphatic rings. The summed E-state index contributed by atoms with van der Waals surface area (Å²) in [7, 11) is 0. The van der Waals surface area contributed by atoms with Crippen molar-refractivity contribution in [1.82, 2.24) is 4.90 Å². The summed E-state index contributed by atoms with van der Waals surface area (Å²) in [4.78, 5) is 27.6. The lowest BCUT2D eigenvalue weighted by atomic mass is 10.1. The number of piperazine rings is 1. The third-order valence-corrected chi connectivity index (χ3v) is 6.80. The van der Waals surface area contributed by atoms with Crippen LogP contribution in [0.15, 0.2) is 72.8 Å².